The first-order valence-electron chi connectivity index (χ1n) is 4.58. The van der Waals surface area contributed by atoms with Gasteiger partial charge in [0.1, 0.15) is 4.62 Å². The minimum Gasteiger partial charge on any atom is -0.466 e. The number of likely N-dealkylation sites (N-methyl/N-ethyl adjacent to an activating group) is 1. The number of rotatable bonds is 1. The van der Waals surface area contributed by atoms with Crippen molar-refractivity contribution in [1.82, 2.24) is 5.01 Å². The minimum atomic E-state index is -0.293. The Labute approximate surface area is 96.4 Å². The number of halogens is 1. The molecule has 0 amide bonds. The molecular weight excluding hydrogens is 260 g/mol. The van der Waals surface area contributed by atoms with Gasteiger partial charge in [0.05, 0.1) is 24.6 Å². The highest BCUT2D eigenvalue weighted by molar-refractivity contribution is 9.18. The van der Waals surface area contributed by atoms with Crippen molar-refractivity contribution < 1.29 is 9.53 Å². The Morgan fingerprint density at radius 3 is 3.07 bits per heavy atom. The van der Waals surface area contributed by atoms with Gasteiger partial charge in [-0.15, -0.1) is 0 Å². The molecule has 0 bridgehead atoms. The maximum Gasteiger partial charge on any atom is 0.335 e. The molecule has 5 heteroatoms. The number of fused-ring (bicyclic) bond motifs is 1. The third-order valence-corrected chi connectivity index (χ3v) is 3.29. The monoisotopic (exact) mass is 270 g/mol. The highest BCUT2D eigenvalue weighted by Gasteiger charge is 2.39. The van der Waals surface area contributed by atoms with E-state index in [0.717, 1.165) is 4.62 Å². The Bertz CT molecular complexity index is 387. The van der Waals surface area contributed by atoms with Gasteiger partial charge < -0.3 is 4.74 Å². The van der Waals surface area contributed by atoms with Crippen molar-refractivity contribution in [3.63, 3.8) is 0 Å². The molecule has 15 heavy (non-hydrogen) atoms. The van der Waals surface area contributed by atoms with Gasteiger partial charge in [0, 0.05) is 7.05 Å². The molecule has 0 spiro atoms. The number of carbonyl (C=O) groups excluding carboxylic acids is 1. The van der Waals surface area contributed by atoms with Crippen LogP contribution in [-0.4, -0.2) is 35.8 Å². The van der Waals surface area contributed by atoms with Crippen LogP contribution in [0.5, 0.6) is 0 Å². The van der Waals surface area contributed by atoms with E-state index < -0.39 is 0 Å². The van der Waals surface area contributed by atoms with E-state index in [-0.39, 0.29) is 17.9 Å². The van der Waals surface area contributed by atoms with Crippen LogP contribution in [0.25, 0.3) is 0 Å². The van der Waals surface area contributed by atoms with Crippen LogP contribution in [0.4, 0.5) is 0 Å². The molecule has 1 aliphatic heterocycles. The van der Waals surface area contributed by atoms with Crippen molar-refractivity contribution >= 4 is 26.5 Å². The third-order valence-electron chi connectivity index (χ3n) is 2.61. The lowest BCUT2D eigenvalue weighted by molar-refractivity contribution is -0.136. The second-order valence-corrected chi connectivity index (χ2v) is 4.28. The van der Waals surface area contributed by atoms with E-state index in [1.807, 2.05) is 19.2 Å². The molecule has 0 saturated carbocycles. The topological polar surface area (TPSA) is 41.9 Å². The molecule has 0 N–H and O–H groups in total. The number of hydrogen-bond acceptors (Lipinski definition) is 4. The molecular formula is C10H11BrN2O2. The fraction of sp³-hybridized carbons (Fsp3) is 0.400. The van der Waals surface area contributed by atoms with E-state index in [4.69, 9.17) is 4.74 Å². The lowest BCUT2D eigenvalue weighted by atomic mass is 9.90. The van der Waals surface area contributed by atoms with Gasteiger partial charge in [-0.05, 0) is 22.0 Å². The number of hydrazone groups is 1. The zero-order valence-corrected chi connectivity index (χ0v) is 10.1. The standard InChI is InChI=1S/C10H11BrN2O2/c1-13-8-6(9(11)12-13)4-3-5-7(8)10(14)15-2/h3-6,8H,1-2H3. The van der Waals surface area contributed by atoms with Crippen LogP contribution in [0.2, 0.25) is 0 Å². The maximum atomic E-state index is 11.5. The van der Waals surface area contributed by atoms with Crippen LogP contribution >= 0.6 is 15.9 Å². The van der Waals surface area contributed by atoms with Crippen LogP contribution in [0, 0.1) is 5.92 Å². The lowest BCUT2D eigenvalue weighted by Crippen LogP contribution is -2.36. The molecule has 0 aromatic heterocycles. The SMILES string of the molecule is COC(=O)C1=CC=CC2C(Br)=NN(C)C12. The molecule has 0 radical (unpaired) electrons. The number of allylic oxidation sites excluding steroid dienone is 2. The fourth-order valence-electron chi connectivity index (χ4n) is 1.91. The van der Waals surface area contributed by atoms with Gasteiger partial charge in [-0.3, -0.25) is 5.01 Å². The third kappa shape index (κ3) is 1.61. The first kappa shape index (κ1) is 10.4. The predicted octanol–water partition coefficient (Wildman–Crippen LogP) is 1.29. The second-order valence-electron chi connectivity index (χ2n) is 3.47. The van der Waals surface area contributed by atoms with Gasteiger partial charge >= 0.3 is 5.97 Å². The summed E-state index contributed by atoms with van der Waals surface area (Å²) in [6, 6.07) is -0.0446. The first-order chi connectivity index (χ1) is 7.15. The van der Waals surface area contributed by atoms with Crippen LogP contribution in [0.1, 0.15) is 0 Å². The maximum absolute atomic E-state index is 11.5. The number of ether oxygens (including phenoxy) is 1. The second kappa shape index (κ2) is 3.81. The lowest BCUT2D eigenvalue weighted by Gasteiger charge is -2.26. The summed E-state index contributed by atoms with van der Waals surface area (Å²) in [5, 5.41) is 6.05. The molecule has 4 nitrogen and oxygen atoms in total. The molecule has 2 aliphatic rings. The number of nitrogens with zero attached hydrogens (tertiary/aromatic N) is 2. The largest absolute Gasteiger partial charge is 0.466 e. The summed E-state index contributed by atoms with van der Waals surface area (Å²) in [6.07, 6.45) is 5.67. The highest BCUT2D eigenvalue weighted by atomic mass is 79.9. The van der Waals surface area contributed by atoms with Gasteiger partial charge in [0.25, 0.3) is 0 Å². The summed E-state index contributed by atoms with van der Waals surface area (Å²) >= 11 is 3.40. The van der Waals surface area contributed by atoms with Crippen LogP contribution in [-0.2, 0) is 9.53 Å². The van der Waals surface area contributed by atoms with Crippen molar-refractivity contribution in [3.05, 3.63) is 23.8 Å². The summed E-state index contributed by atoms with van der Waals surface area (Å²) < 4.78 is 5.60. The predicted molar refractivity (Wildman–Crippen MR) is 60.6 cm³/mol. The van der Waals surface area contributed by atoms with Crippen molar-refractivity contribution in [1.29, 1.82) is 0 Å². The van der Waals surface area contributed by atoms with Crippen molar-refractivity contribution in [3.8, 4) is 0 Å². The Kier molecular flexibility index (Phi) is 2.65. The molecule has 2 rings (SSSR count). The quantitative estimate of drug-likeness (QED) is 0.675. The molecule has 0 aromatic carbocycles. The van der Waals surface area contributed by atoms with E-state index in [2.05, 4.69) is 21.0 Å². The van der Waals surface area contributed by atoms with Gasteiger partial charge in [0.15, 0.2) is 0 Å². The molecule has 1 aliphatic carbocycles. The normalized spacial score (nSPS) is 28.3. The van der Waals surface area contributed by atoms with Gasteiger partial charge in [-0.25, -0.2) is 4.79 Å². The fourth-order valence-corrected chi connectivity index (χ4v) is 2.56. The summed E-state index contributed by atoms with van der Waals surface area (Å²) in [5.41, 5.74) is 0.644. The average molecular weight is 271 g/mol. The smallest absolute Gasteiger partial charge is 0.335 e. The zero-order valence-electron chi connectivity index (χ0n) is 8.48. The summed E-state index contributed by atoms with van der Waals surface area (Å²) in [5.74, 6) is -0.173. The van der Waals surface area contributed by atoms with E-state index in [1.165, 1.54) is 7.11 Å². The number of carbonyl (C=O) groups is 1. The summed E-state index contributed by atoms with van der Waals surface area (Å²) in [6.45, 7) is 0. The summed E-state index contributed by atoms with van der Waals surface area (Å²) in [7, 11) is 3.24. The van der Waals surface area contributed by atoms with Crippen LogP contribution in [0.15, 0.2) is 28.9 Å². The molecule has 1 heterocycles. The van der Waals surface area contributed by atoms with E-state index in [1.54, 1.807) is 11.1 Å². The molecule has 0 aromatic rings. The number of esters is 1. The van der Waals surface area contributed by atoms with Crippen LogP contribution < -0.4 is 0 Å². The minimum absolute atomic E-state index is 0.0446. The van der Waals surface area contributed by atoms with E-state index in [0.29, 0.717) is 5.57 Å². The first-order valence-corrected chi connectivity index (χ1v) is 5.38. The Morgan fingerprint density at radius 2 is 2.40 bits per heavy atom. The van der Waals surface area contributed by atoms with E-state index >= 15 is 0 Å². The van der Waals surface area contributed by atoms with Gasteiger partial charge in [0.2, 0.25) is 0 Å². The number of methoxy groups -OCH3 is 1. The van der Waals surface area contributed by atoms with Crippen molar-refractivity contribution in [2.45, 2.75) is 6.04 Å². The van der Waals surface area contributed by atoms with Crippen molar-refractivity contribution in [2.75, 3.05) is 14.2 Å². The van der Waals surface area contributed by atoms with E-state index in [9.17, 15) is 4.79 Å². The molecule has 80 valence electrons. The molecule has 2 atom stereocenters. The van der Waals surface area contributed by atoms with Crippen LogP contribution in [0.3, 0.4) is 0 Å². The van der Waals surface area contributed by atoms with Gasteiger partial charge in [-0.1, -0.05) is 12.2 Å². The Balaban J connectivity index is 2.33. The zero-order chi connectivity index (χ0) is 11.0. The molecule has 0 fully saturated rings. The molecule has 2 unspecified atom stereocenters. The number of hydrogen-bond donors (Lipinski definition) is 0. The molecule has 0 saturated heterocycles. The highest BCUT2D eigenvalue weighted by Crippen LogP contribution is 2.32. The average Bonchev–Trinajstić information content (AvgIpc) is 2.54. The Morgan fingerprint density at radius 1 is 1.67 bits per heavy atom. The van der Waals surface area contributed by atoms with Gasteiger partial charge in [-0.2, -0.15) is 5.10 Å². The summed E-state index contributed by atoms with van der Waals surface area (Å²) in [4.78, 5) is 11.5. The Hall–Kier alpha value is -1.10. The van der Waals surface area contributed by atoms with Crippen molar-refractivity contribution in [2.24, 2.45) is 11.0 Å².